The minimum Gasteiger partial charge on any atom is -0.370 e. The van der Waals surface area contributed by atoms with E-state index in [1.807, 2.05) is 6.07 Å². The molecule has 5 heteroatoms. The van der Waals surface area contributed by atoms with Crippen LogP contribution in [0, 0.1) is 11.8 Å². The highest BCUT2D eigenvalue weighted by molar-refractivity contribution is 5.52. The first-order chi connectivity index (χ1) is 7.40. The largest absolute Gasteiger partial charge is 0.370 e. The Labute approximate surface area is 87.2 Å². The van der Waals surface area contributed by atoms with Crippen molar-refractivity contribution in [2.24, 2.45) is 5.11 Å². The molecule has 0 aliphatic carbocycles. The summed E-state index contributed by atoms with van der Waals surface area (Å²) in [7, 11) is 0. The number of pyridine rings is 1. The second kappa shape index (κ2) is 4.36. The van der Waals surface area contributed by atoms with Crippen molar-refractivity contribution in [3.8, 4) is 11.8 Å². The van der Waals surface area contributed by atoms with Gasteiger partial charge in [0, 0.05) is 23.2 Å². The number of hydrogen-bond acceptors (Lipinski definition) is 3. The number of hydrogen-bond donors (Lipinski definition) is 1. The van der Waals surface area contributed by atoms with Gasteiger partial charge in [-0.2, -0.15) is 0 Å². The summed E-state index contributed by atoms with van der Waals surface area (Å²) in [5.41, 5.74) is 10.1. The van der Waals surface area contributed by atoms with Crippen LogP contribution in [0.25, 0.3) is 10.4 Å². The highest BCUT2D eigenvalue weighted by atomic mass is 15.1. The van der Waals surface area contributed by atoms with Crippen molar-refractivity contribution in [1.29, 1.82) is 0 Å². The maximum atomic E-state index is 8.06. The molecule has 1 aliphatic heterocycles. The zero-order valence-electron chi connectivity index (χ0n) is 8.06. The molecule has 74 valence electrons. The first-order valence-electron chi connectivity index (χ1n) is 4.62. The number of aromatic nitrogens is 1. The number of nitrogens with one attached hydrogen (secondary N) is 1. The topological polar surface area (TPSA) is 73.7 Å². The fourth-order valence-electron chi connectivity index (χ4n) is 1.45. The minimum absolute atomic E-state index is 0.200. The summed E-state index contributed by atoms with van der Waals surface area (Å²) in [6, 6.07) is 2.02. The third-order valence-electron chi connectivity index (χ3n) is 2.10. The predicted octanol–water partition coefficient (Wildman–Crippen LogP) is 1.71. The molecule has 1 aromatic heterocycles. The average Bonchev–Trinajstić information content (AvgIpc) is 2.71. The second-order valence-corrected chi connectivity index (χ2v) is 3.10. The number of rotatable bonds is 1. The second-order valence-electron chi connectivity index (χ2n) is 3.10. The van der Waals surface area contributed by atoms with Gasteiger partial charge in [-0.1, -0.05) is 17.0 Å². The lowest BCUT2D eigenvalue weighted by atomic mass is 10.2. The molecule has 0 bridgehead atoms. The molecular formula is C10H9N5. The van der Waals surface area contributed by atoms with Gasteiger partial charge in [0.05, 0.1) is 6.54 Å². The van der Waals surface area contributed by atoms with Crippen LogP contribution in [0.3, 0.4) is 0 Å². The lowest BCUT2D eigenvalue weighted by Gasteiger charge is -1.97. The molecule has 0 atom stereocenters. The Kier molecular flexibility index (Phi) is 2.72. The quantitative estimate of drug-likeness (QED) is 0.323. The molecule has 0 fully saturated rings. The predicted molar refractivity (Wildman–Crippen MR) is 57.3 cm³/mol. The highest BCUT2D eigenvalue weighted by Crippen LogP contribution is 2.19. The number of azide groups is 1. The van der Waals surface area contributed by atoms with Crippen molar-refractivity contribution in [1.82, 2.24) is 4.98 Å². The van der Waals surface area contributed by atoms with Gasteiger partial charge in [-0.05, 0) is 23.6 Å². The van der Waals surface area contributed by atoms with Crippen molar-refractivity contribution < 1.29 is 0 Å². The summed E-state index contributed by atoms with van der Waals surface area (Å²) < 4.78 is 0. The SMILES string of the molecule is [N-]=[N+]=NCC#Cc1cnc2c(c1)CCN2. The van der Waals surface area contributed by atoms with E-state index >= 15 is 0 Å². The standard InChI is InChI=1S/C10H9N5/c11-15-14-4-1-2-8-6-9-3-5-12-10(9)13-7-8/h6-7H,3-5H2,(H,12,13). The van der Waals surface area contributed by atoms with Crippen molar-refractivity contribution in [3.63, 3.8) is 0 Å². The fourth-order valence-corrected chi connectivity index (χ4v) is 1.45. The molecular weight excluding hydrogens is 190 g/mol. The van der Waals surface area contributed by atoms with E-state index in [0.29, 0.717) is 0 Å². The molecule has 0 saturated carbocycles. The van der Waals surface area contributed by atoms with E-state index in [4.69, 9.17) is 5.53 Å². The Bertz CT molecular complexity index is 476. The fraction of sp³-hybridized carbons (Fsp3) is 0.300. The van der Waals surface area contributed by atoms with Crippen LogP contribution in [-0.4, -0.2) is 18.1 Å². The van der Waals surface area contributed by atoms with Crippen molar-refractivity contribution in [2.75, 3.05) is 18.4 Å². The van der Waals surface area contributed by atoms with E-state index in [0.717, 1.165) is 24.3 Å². The molecule has 0 aromatic carbocycles. The third kappa shape index (κ3) is 2.19. The van der Waals surface area contributed by atoms with Gasteiger partial charge < -0.3 is 5.32 Å². The van der Waals surface area contributed by atoms with Gasteiger partial charge in [0.1, 0.15) is 5.82 Å². The van der Waals surface area contributed by atoms with E-state index < -0.39 is 0 Å². The lowest BCUT2D eigenvalue weighted by molar-refractivity contribution is 1.11. The zero-order valence-corrected chi connectivity index (χ0v) is 8.06. The Hall–Kier alpha value is -2.18. The molecule has 0 radical (unpaired) electrons. The molecule has 0 unspecified atom stereocenters. The van der Waals surface area contributed by atoms with Crippen molar-refractivity contribution in [3.05, 3.63) is 33.8 Å². The third-order valence-corrected chi connectivity index (χ3v) is 2.10. The Morgan fingerprint density at radius 2 is 2.60 bits per heavy atom. The van der Waals surface area contributed by atoms with Gasteiger partial charge in [0.15, 0.2) is 0 Å². The highest BCUT2D eigenvalue weighted by Gasteiger charge is 2.10. The summed E-state index contributed by atoms with van der Waals surface area (Å²) in [6.07, 6.45) is 2.72. The zero-order chi connectivity index (χ0) is 10.5. The first-order valence-corrected chi connectivity index (χ1v) is 4.62. The molecule has 2 heterocycles. The van der Waals surface area contributed by atoms with Crippen molar-refractivity contribution >= 4 is 5.82 Å². The van der Waals surface area contributed by atoms with Gasteiger partial charge >= 0.3 is 0 Å². The average molecular weight is 199 g/mol. The molecule has 0 amide bonds. The van der Waals surface area contributed by atoms with Gasteiger partial charge in [-0.3, -0.25) is 0 Å². The maximum absolute atomic E-state index is 8.06. The van der Waals surface area contributed by atoms with Crippen LogP contribution in [0.2, 0.25) is 0 Å². The first kappa shape index (κ1) is 9.38. The molecule has 0 spiro atoms. The summed E-state index contributed by atoms with van der Waals surface area (Å²) in [5, 5.41) is 6.51. The molecule has 5 nitrogen and oxygen atoms in total. The smallest absolute Gasteiger partial charge is 0.129 e. The summed E-state index contributed by atoms with van der Waals surface area (Å²) in [4.78, 5) is 6.86. The monoisotopic (exact) mass is 199 g/mol. The van der Waals surface area contributed by atoms with Gasteiger partial charge in [-0.25, -0.2) is 4.98 Å². The van der Waals surface area contributed by atoms with E-state index in [1.54, 1.807) is 6.20 Å². The van der Waals surface area contributed by atoms with E-state index in [9.17, 15) is 0 Å². The van der Waals surface area contributed by atoms with E-state index in [2.05, 4.69) is 32.2 Å². The molecule has 1 aliphatic rings. The van der Waals surface area contributed by atoms with Crippen LogP contribution in [0.4, 0.5) is 5.82 Å². The van der Waals surface area contributed by atoms with Crippen molar-refractivity contribution in [2.45, 2.75) is 6.42 Å². The Balaban J connectivity index is 2.15. The number of fused-ring (bicyclic) bond motifs is 1. The molecule has 2 rings (SSSR count). The maximum Gasteiger partial charge on any atom is 0.129 e. The van der Waals surface area contributed by atoms with E-state index in [1.165, 1.54) is 5.56 Å². The number of nitrogens with zero attached hydrogens (tertiary/aromatic N) is 4. The van der Waals surface area contributed by atoms with Crippen LogP contribution in [-0.2, 0) is 6.42 Å². The Morgan fingerprint density at radius 3 is 3.47 bits per heavy atom. The number of anilines is 1. The van der Waals surface area contributed by atoms with E-state index in [-0.39, 0.29) is 6.54 Å². The lowest BCUT2D eigenvalue weighted by Crippen LogP contribution is -1.92. The van der Waals surface area contributed by atoms with Crippen LogP contribution >= 0.6 is 0 Å². The van der Waals surface area contributed by atoms with Gasteiger partial charge in [0.2, 0.25) is 0 Å². The van der Waals surface area contributed by atoms with Crippen LogP contribution in [0.1, 0.15) is 11.1 Å². The molecule has 0 saturated heterocycles. The van der Waals surface area contributed by atoms with Gasteiger partial charge in [0.25, 0.3) is 0 Å². The summed E-state index contributed by atoms with van der Waals surface area (Å²) in [5.74, 6) is 6.62. The van der Waals surface area contributed by atoms with Crippen LogP contribution < -0.4 is 5.32 Å². The normalized spacial score (nSPS) is 11.7. The Morgan fingerprint density at radius 1 is 1.67 bits per heavy atom. The molecule has 1 aromatic rings. The van der Waals surface area contributed by atoms with Crippen LogP contribution in [0.5, 0.6) is 0 Å². The molecule has 15 heavy (non-hydrogen) atoms. The van der Waals surface area contributed by atoms with Crippen LogP contribution in [0.15, 0.2) is 17.4 Å². The van der Waals surface area contributed by atoms with Gasteiger partial charge in [-0.15, -0.1) is 0 Å². The summed E-state index contributed by atoms with van der Waals surface area (Å²) >= 11 is 0. The minimum atomic E-state index is 0.200. The molecule has 1 N–H and O–H groups in total. The summed E-state index contributed by atoms with van der Waals surface area (Å²) in [6.45, 7) is 1.14.